The van der Waals surface area contributed by atoms with Crippen LogP contribution in [0.1, 0.15) is 37.0 Å². The van der Waals surface area contributed by atoms with E-state index in [0.717, 1.165) is 28.1 Å². The molecule has 0 unspecified atom stereocenters. The molecule has 0 aliphatic heterocycles. The van der Waals surface area contributed by atoms with Crippen molar-refractivity contribution in [1.29, 1.82) is 0 Å². The minimum atomic E-state index is -3.86. The Kier molecular flexibility index (Phi) is 10.5. The molecule has 9 heteroatoms. The van der Waals surface area contributed by atoms with E-state index in [9.17, 15) is 18.0 Å². The molecule has 2 amide bonds. The van der Waals surface area contributed by atoms with Gasteiger partial charge in [-0.1, -0.05) is 85.3 Å². The lowest BCUT2D eigenvalue weighted by molar-refractivity contribution is -0.140. The molecule has 3 aromatic carbocycles. The number of carbonyl (C=O) groups is 2. The first-order valence-corrected chi connectivity index (χ1v) is 15.1. The Morgan fingerprint density at radius 2 is 1.54 bits per heavy atom. The predicted molar refractivity (Wildman–Crippen MR) is 157 cm³/mol. The summed E-state index contributed by atoms with van der Waals surface area (Å²) in [4.78, 5) is 29.2. The fraction of sp³-hybridized carbons (Fsp3) is 0.333. The van der Waals surface area contributed by atoms with Crippen LogP contribution in [0.25, 0.3) is 0 Å². The number of carbonyl (C=O) groups excluding carboxylic acids is 2. The number of aryl methyl sites for hydroxylation is 1. The minimum absolute atomic E-state index is 0.0916. The summed E-state index contributed by atoms with van der Waals surface area (Å²) in [7, 11) is -3.86. The molecule has 1 N–H and O–H groups in total. The van der Waals surface area contributed by atoms with Gasteiger partial charge in [0.1, 0.15) is 12.6 Å². The van der Waals surface area contributed by atoms with Gasteiger partial charge >= 0.3 is 0 Å². The van der Waals surface area contributed by atoms with E-state index in [0.29, 0.717) is 16.3 Å². The number of nitrogens with one attached hydrogen (secondary N) is 1. The molecule has 7 nitrogen and oxygen atoms in total. The van der Waals surface area contributed by atoms with Crippen molar-refractivity contribution in [2.75, 3.05) is 17.1 Å². The van der Waals surface area contributed by atoms with Crippen molar-refractivity contribution in [2.24, 2.45) is 0 Å². The zero-order valence-electron chi connectivity index (χ0n) is 22.8. The molecule has 0 saturated carbocycles. The van der Waals surface area contributed by atoms with Crippen LogP contribution >= 0.6 is 11.6 Å². The molecule has 0 radical (unpaired) electrons. The number of hydrogen-bond donors (Lipinski definition) is 1. The number of hydrogen-bond acceptors (Lipinski definition) is 4. The van der Waals surface area contributed by atoms with Gasteiger partial charge in [-0.2, -0.15) is 0 Å². The summed E-state index contributed by atoms with van der Waals surface area (Å²) >= 11 is 6.19. The van der Waals surface area contributed by atoms with E-state index in [1.54, 1.807) is 19.1 Å². The van der Waals surface area contributed by atoms with Gasteiger partial charge in [0.2, 0.25) is 21.8 Å². The van der Waals surface area contributed by atoms with E-state index in [4.69, 9.17) is 11.6 Å². The standard InChI is InChI=1S/C30H36ClN3O4S/c1-5-23(3)32-30(36)28(18-24-12-8-6-9-13-24)33(20-25-14-10-7-11-15-25)29(35)21-34(39(4,37)38)27-19-26(31)17-16-22(27)2/h6-17,19,23,28H,5,18,20-21H2,1-4H3,(H,32,36)/t23-,28-/m0/s1. The lowest BCUT2D eigenvalue weighted by Crippen LogP contribution is -2.54. The number of halogens is 1. The minimum Gasteiger partial charge on any atom is -0.352 e. The van der Waals surface area contributed by atoms with E-state index in [1.165, 1.54) is 11.0 Å². The summed E-state index contributed by atoms with van der Waals surface area (Å²) < 4.78 is 26.9. The van der Waals surface area contributed by atoms with Gasteiger partial charge in [0.15, 0.2) is 0 Å². The fourth-order valence-electron chi connectivity index (χ4n) is 4.22. The zero-order chi connectivity index (χ0) is 28.6. The van der Waals surface area contributed by atoms with Crippen molar-refractivity contribution in [2.45, 2.75) is 52.2 Å². The SMILES string of the molecule is CC[C@H](C)NC(=O)[C@H](Cc1ccccc1)N(Cc1ccccc1)C(=O)CN(c1cc(Cl)ccc1C)S(C)(=O)=O. The van der Waals surface area contributed by atoms with Crippen LogP contribution in [0.3, 0.4) is 0 Å². The Hall–Kier alpha value is -3.36. The molecule has 0 fully saturated rings. The zero-order valence-corrected chi connectivity index (χ0v) is 24.4. The van der Waals surface area contributed by atoms with E-state index in [2.05, 4.69) is 5.32 Å². The second-order valence-corrected chi connectivity index (χ2v) is 12.1. The summed E-state index contributed by atoms with van der Waals surface area (Å²) in [6, 6.07) is 22.8. The van der Waals surface area contributed by atoms with Crippen LogP contribution in [-0.2, 0) is 32.6 Å². The number of amides is 2. The van der Waals surface area contributed by atoms with Crippen molar-refractivity contribution in [3.8, 4) is 0 Å². The second kappa shape index (κ2) is 13.6. The predicted octanol–water partition coefficient (Wildman–Crippen LogP) is 4.97. The highest BCUT2D eigenvalue weighted by Gasteiger charge is 2.33. The first-order valence-electron chi connectivity index (χ1n) is 12.9. The fourth-order valence-corrected chi connectivity index (χ4v) is 5.29. The van der Waals surface area contributed by atoms with Gasteiger partial charge in [-0.25, -0.2) is 8.42 Å². The smallest absolute Gasteiger partial charge is 0.244 e. The average Bonchev–Trinajstić information content (AvgIpc) is 2.91. The van der Waals surface area contributed by atoms with Crippen molar-refractivity contribution >= 4 is 39.1 Å². The quantitative estimate of drug-likeness (QED) is 0.334. The summed E-state index contributed by atoms with van der Waals surface area (Å²) in [5, 5.41) is 3.38. The highest BCUT2D eigenvalue weighted by molar-refractivity contribution is 7.92. The molecule has 3 aromatic rings. The third-order valence-corrected chi connectivity index (χ3v) is 7.95. The second-order valence-electron chi connectivity index (χ2n) is 9.73. The van der Waals surface area contributed by atoms with Crippen LogP contribution < -0.4 is 9.62 Å². The number of benzene rings is 3. The molecule has 0 aliphatic rings. The lowest BCUT2D eigenvalue weighted by atomic mass is 10.0. The highest BCUT2D eigenvalue weighted by Crippen LogP contribution is 2.27. The molecule has 0 bridgehead atoms. The number of rotatable bonds is 12. The Morgan fingerprint density at radius 1 is 0.949 bits per heavy atom. The normalized spacial score (nSPS) is 12.8. The molecule has 0 heterocycles. The van der Waals surface area contributed by atoms with Crippen molar-refractivity contribution in [3.63, 3.8) is 0 Å². The first-order chi connectivity index (χ1) is 18.5. The summed E-state index contributed by atoms with van der Waals surface area (Å²) in [5.74, 6) is -0.786. The first kappa shape index (κ1) is 30.2. The summed E-state index contributed by atoms with van der Waals surface area (Å²) in [6.07, 6.45) is 2.06. The van der Waals surface area contributed by atoms with Crippen LogP contribution in [0.15, 0.2) is 78.9 Å². The molecule has 0 spiro atoms. The highest BCUT2D eigenvalue weighted by atomic mass is 35.5. The molecular formula is C30H36ClN3O4S. The third-order valence-electron chi connectivity index (χ3n) is 6.59. The Morgan fingerprint density at radius 3 is 2.10 bits per heavy atom. The Labute approximate surface area is 236 Å². The number of anilines is 1. The van der Waals surface area contributed by atoms with Gasteiger partial charge in [0.05, 0.1) is 11.9 Å². The van der Waals surface area contributed by atoms with Crippen LogP contribution in [-0.4, -0.2) is 50.0 Å². The van der Waals surface area contributed by atoms with Gasteiger partial charge in [0.25, 0.3) is 0 Å². The van der Waals surface area contributed by atoms with Gasteiger partial charge in [0, 0.05) is 24.0 Å². The molecule has 0 saturated heterocycles. The number of nitrogens with zero attached hydrogens (tertiary/aromatic N) is 2. The summed E-state index contributed by atoms with van der Waals surface area (Å²) in [6.45, 7) is 5.30. The maximum atomic E-state index is 14.1. The van der Waals surface area contributed by atoms with Gasteiger partial charge in [-0.3, -0.25) is 13.9 Å². The average molecular weight is 570 g/mol. The van der Waals surface area contributed by atoms with Gasteiger partial charge in [-0.15, -0.1) is 0 Å². The summed E-state index contributed by atoms with van der Waals surface area (Å²) in [5.41, 5.74) is 2.69. The molecule has 3 rings (SSSR count). The molecule has 0 aromatic heterocycles. The number of sulfonamides is 1. The Balaban J connectivity index is 2.06. The van der Waals surface area contributed by atoms with E-state index in [-0.39, 0.29) is 24.9 Å². The molecule has 39 heavy (non-hydrogen) atoms. The van der Waals surface area contributed by atoms with E-state index in [1.807, 2.05) is 74.5 Å². The van der Waals surface area contributed by atoms with Gasteiger partial charge in [-0.05, 0) is 49.1 Å². The topological polar surface area (TPSA) is 86.8 Å². The van der Waals surface area contributed by atoms with Crippen LogP contribution in [0.4, 0.5) is 5.69 Å². The Bertz CT molecular complexity index is 1370. The van der Waals surface area contributed by atoms with Crippen LogP contribution in [0.2, 0.25) is 5.02 Å². The van der Waals surface area contributed by atoms with Crippen molar-refractivity contribution in [1.82, 2.24) is 10.2 Å². The van der Waals surface area contributed by atoms with Gasteiger partial charge < -0.3 is 10.2 Å². The molecule has 208 valence electrons. The largest absolute Gasteiger partial charge is 0.352 e. The maximum absolute atomic E-state index is 14.1. The lowest BCUT2D eigenvalue weighted by Gasteiger charge is -2.34. The van der Waals surface area contributed by atoms with E-state index >= 15 is 0 Å². The maximum Gasteiger partial charge on any atom is 0.244 e. The van der Waals surface area contributed by atoms with E-state index < -0.39 is 28.5 Å². The molecular weight excluding hydrogens is 534 g/mol. The van der Waals surface area contributed by atoms with Crippen molar-refractivity contribution in [3.05, 3.63) is 101 Å². The van der Waals surface area contributed by atoms with Crippen LogP contribution in [0, 0.1) is 6.92 Å². The molecule has 0 aliphatic carbocycles. The third kappa shape index (κ3) is 8.57. The van der Waals surface area contributed by atoms with Crippen LogP contribution in [0.5, 0.6) is 0 Å². The molecule has 2 atom stereocenters. The monoisotopic (exact) mass is 569 g/mol. The van der Waals surface area contributed by atoms with Crippen molar-refractivity contribution < 1.29 is 18.0 Å².